The van der Waals surface area contributed by atoms with Crippen LogP contribution in [0.25, 0.3) is 11.1 Å². The summed E-state index contributed by atoms with van der Waals surface area (Å²) in [4.78, 5) is 10.9. The molecule has 1 aromatic carbocycles. The van der Waals surface area contributed by atoms with Crippen LogP contribution in [0.5, 0.6) is 5.75 Å². The normalized spacial score (nSPS) is 10.3. The fraction of sp³-hybridized carbons (Fsp3) is 0.231. The Morgan fingerprint density at radius 1 is 1.50 bits per heavy atom. The average Bonchev–Trinajstić information content (AvgIpc) is 2.76. The number of aryl methyl sites for hydroxylation is 1. The van der Waals surface area contributed by atoms with Gasteiger partial charge in [0.1, 0.15) is 5.75 Å². The zero-order chi connectivity index (χ0) is 13.1. The molecule has 5 heteroatoms. The molecule has 0 saturated heterocycles. The second-order valence-corrected chi connectivity index (χ2v) is 3.85. The van der Waals surface area contributed by atoms with Crippen molar-refractivity contribution in [2.75, 3.05) is 6.61 Å². The van der Waals surface area contributed by atoms with E-state index in [1.807, 2.05) is 20.2 Å². The Kier molecular flexibility index (Phi) is 3.32. The predicted octanol–water partition coefficient (Wildman–Crippen LogP) is 2.18. The van der Waals surface area contributed by atoms with E-state index in [1.54, 1.807) is 23.0 Å². The number of hydrogen-bond acceptors (Lipinski definition) is 3. The maximum Gasteiger partial charge on any atom is 0.335 e. The summed E-state index contributed by atoms with van der Waals surface area (Å²) in [6.45, 7) is 2.34. The highest BCUT2D eigenvalue weighted by Crippen LogP contribution is 2.30. The molecular weight excluding hydrogens is 232 g/mol. The number of rotatable bonds is 4. The molecule has 18 heavy (non-hydrogen) atoms. The zero-order valence-corrected chi connectivity index (χ0v) is 10.3. The molecule has 0 atom stereocenters. The van der Waals surface area contributed by atoms with Gasteiger partial charge < -0.3 is 9.84 Å². The minimum atomic E-state index is -0.964. The van der Waals surface area contributed by atoms with Crippen LogP contribution in [0.3, 0.4) is 0 Å². The van der Waals surface area contributed by atoms with Crippen LogP contribution >= 0.6 is 0 Å². The summed E-state index contributed by atoms with van der Waals surface area (Å²) in [5.41, 5.74) is 1.96. The molecule has 0 amide bonds. The van der Waals surface area contributed by atoms with Crippen LogP contribution in [0.1, 0.15) is 17.3 Å². The highest BCUT2D eigenvalue weighted by molar-refractivity contribution is 5.89. The van der Waals surface area contributed by atoms with Crippen LogP contribution in [0.15, 0.2) is 30.6 Å². The zero-order valence-electron chi connectivity index (χ0n) is 10.3. The van der Waals surface area contributed by atoms with E-state index in [2.05, 4.69) is 5.10 Å². The highest BCUT2D eigenvalue weighted by Gasteiger charge is 2.12. The summed E-state index contributed by atoms with van der Waals surface area (Å²) >= 11 is 0. The Labute approximate surface area is 105 Å². The number of aromatic nitrogens is 2. The fourth-order valence-electron chi connectivity index (χ4n) is 1.73. The molecule has 0 saturated carbocycles. The van der Waals surface area contributed by atoms with Crippen LogP contribution < -0.4 is 4.74 Å². The van der Waals surface area contributed by atoms with Gasteiger partial charge in [-0.15, -0.1) is 0 Å². The molecule has 0 radical (unpaired) electrons. The second kappa shape index (κ2) is 4.91. The summed E-state index contributed by atoms with van der Waals surface area (Å²) in [5, 5.41) is 13.1. The van der Waals surface area contributed by atoms with Crippen LogP contribution in [0.4, 0.5) is 0 Å². The Hall–Kier alpha value is -2.30. The van der Waals surface area contributed by atoms with Gasteiger partial charge in [0, 0.05) is 24.4 Å². The predicted molar refractivity (Wildman–Crippen MR) is 66.8 cm³/mol. The first kappa shape index (κ1) is 12.2. The van der Waals surface area contributed by atoms with Gasteiger partial charge in [0.15, 0.2) is 0 Å². The molecule has 2 aromatic rings. The number of hydrogen-bond donors (Lipinski definition) is 1. The Bertz CT molecular complexity index is 575. The number of ether oxygens (including phenoxy) is 1. The number of carboxylic acid groups (broad SMARTS) is 1. The van der Waals surface area contributed by atoms with Gasteiger partial charge in [-0.2, -0.15) is 5.10 Å². The molecule has 0 spiro atoms. The lowest BCUT2D eigenvalue weighted by Crippen LogP contribution is -2.00. The van der Waals surface area contributed by atoms with Crippen molar-refractivity contribution in [3.63, 3.8) is 0 Å². The molecule has 1 aromatic heterocycles. The van der Waals surface area contributed by atoms with Gasteiger partial charge in [-0.3, -0.25) is 4.68 Å². The smallest absolute Gasteiger partial charge is 0.335 e. The van der Waals surface area contributed by atoms with Gasteiger partial charge in [0.25, 0.3) is 0 Å². The lowest BCUT2D eigenvalue weighted by molar-refractivity contribution is 0.0696. The molecule has 94 valence electrons. The maximum absolute atomic E-state index is 10.9. The molecule has 0 aliphatic carbocycles. The van der Waals surface area contributed by atoms with Crippen LogP contribution in [0, 0.1) is 0 Å². The summed E-state index contributed by atoms with van der Waals surface area (Å²) in [5.74, 6) is -0.404. The van der Waals surface area contributed by atoms with Crippen molar-refractivity contribution in [3.8, 4) is 16.9 Å². The van der Waals surface area contributed by atoms with Gasteiger partial charge in [0.2, 0.25) is 0 Å². The number of carbonyl (C=O) groups is 1. The molecule has 1 N–H and O–H groups in total. The van der Waals surface area contributed by atoms with Crippen LogP contribution in [-0.4, -0.2) is 27.5 Å². The molecule has 0 unspecified atom stereocenters. The minimum Gasteiger partial charge on any atom is -0.493 e. The summed E-state index contributed by atoms with van der Waals surface area (Å²) in [7, 11) is 1.83. The first-order chi connectivity index (χ1) is 8.61. The number of nitrogens with zero attached hydrogens (tertiary/aromatic N) is 2. The third-order valence-corrected chi connectivity index (χ3v) is 2.54. The monoisotopic (exact) mass is 246 g/mol. The molecule has 0 bridgehead atoms. The highest BCUT2D eigenvalue weighted by atomic mass is 16.5. The van der Waals surface area contributed by atoms with Gasteiger partial charge in [-0.25, -0.2) is 4.79 Å². The van der Waals surface area contributed by atoms with E-state index in [9.17, 15) is 4.79 Å². The van der Waals surface area contributed by atoms with Crippen LogP contribution in [-0.2, 0) is 7.05 Å². The van der Waals surface area contributed by atoms with Crippen molar-refractivity contribution in [2.45, 2.75) is 6.92 Å². The van der Waals surface area contributed by atoms with Gasteiger partial charge in [-0.1, -0.05) is 0 Å². The van der Waals surface area contributed by atoms with Crippen molar-refractivity contribution >= 4 is 5.97 Å². The third-order valence-electron chi connectivity index (χ3n) is 2.54. The summed E-state index contributed by atoms with van der Waals surface area (Å²) in [6.07, 6.45) is 3.58. The minimum absolute atomic E-state index is 0.214. The van der Waals surface area contributed by atoms with E-state index in [1.165, 1.54) is 6.07 Å². The second-order valence-electron chi connectivity index (χ2n) is 3.85. The lowest BCUT2D eigenvalue weighted by atomic mass is 10.1. The first-order valence-corrected chi connectivity index (χ1v) is 5.61. The molecule has 2 rings (SSSR count). The van der Waals surface area contributed by atoms with E-state index in [0.29, 0.717) is 12.4 Å². The molecule has 0 aliphatic rings. The van der Waals surface area contributed by atoms with Crippen LogP contribution in [0.2, 0.25) is 0 Å². The van der Waals surface area contributed by atoms with E-state index in [-0.39, 0.29) is 5.56 Å². The lowest BCUT2D eigenvalue weighted by Gasteiger charge is -2.09. The Morgan fingerprint density at radius 2 is 2.28 bits per heavy atom. The molecule has 0 aliphatic heterocycles. The van der Waals surface area contributed by atoms with Crippen molar-refractivity contribution in [3.05, 3.63) is 36.2 Å². The van der Waals surface area contributed by atoms with Crippen molar-refractivity contribution in [2.24, 2.45) is 7.05 Å². The van der Waals surface area contributed by atoms with Gasteiger partial charge in [-0.05, 0) is 25.1 Å². The van der Waals surface area contributed by atoms with Gasteiger partial charge in [0.05, 0.1) is 18.4 Å². The quantitative estimate of drug-likeness (QED) is 0.898. The number of carboxylic acids is 1. The Morgan fingerprint density at radius 3 is 2.83 bits per heavy atom. The topological polar surface area (TPSA) is 64.3 Å². The fourth-order valence-corrected chi connectivity index (χ4v) is 1.73. The van der Waals surface area contributed by atoms with Crippen molar-refractivity contribution in [1.29, 1.82) is 0 Å². The number of benzene rings is 1. The molecule has 1 heterocycles. The maximum atomic E-state index is 10.9. The first-order valence-electron chi connectivity index (χ1n) is 5.61. The van der Waals surface area contributed by atoms with Gasteiger partial charge >= 0.3 is 5.97 Å². The van der Waals surface area contributed by atoms with E-state index in [4.69, 9.17) is 9.84 Å². The Balaban J connectivity index is 2.49. The molecule has 0 fully saturated rings. The number of aromatic carboxylic acids is 1. The van der Waals surface area contributed by atoms with E-state index < -0.39 is 5.97 Å². The summed E-state index contributed by atoms with van der Waals surface area (Å²) in [6, 6.07) is 4.84. The largest absolute Gasteiger partial charge is 0.493 e. The third kappa shape index (κ3) is 2.34. The summed E-state index contributed by atoms with van der Waals surface area (Å²) < 4.78 is 7.18. The SMILES string of the molecule is CCOc1cc(C(=O)O)ccc1-c1cnn(C)c1. The average molecular weight is 246 g/mol. The van der Waals surface area contributed by atoms with Crippen molar-refractivity contribution in [1.82, 2.24) is 9.78 Å². The molecular formula is C13H14N2O3. The van der Waals surface area contributed by atoms with E-state index >= 15 is 0 Å². The molecule has 5 nitrogen and oxygen atoms in total. The standard InChI is InChI=1S/C13H14N2O3/c1-3-18-12-6-9(13(16)17)4-5-11(12)10-7-14-15(2)8-10/h4-8H,3H2,1-2H3,(H,16,17). The van der Waals surface area contributed by atoms with E-state index in [0.717, 1.165) is 11.1 Å². The van der Waals surface area contributed by atoms with Crippen molar-refractivity contribution < 1.29 is 14.6 Å².